The van der Waals surface area contributed by atoms with Crippen molar-refractivity contribution in [3.8, 4) is 0 Å². The molecule has 1 aliphatic heterocycles. The van der Waals surface area contributed by atoms with Gasteiger partial charge < -0.3 is 20.1 Å². The van der Waals surface area contributed by atoms with Crippen LogP contribution in [-0.4, -0.2) is 58.4 Å². The standard InChI is InChI=1S/C13H22N2O4S/c1-4-19-10-5-9(13(10,2)3)14-12(18)15-7-20-6-8(15)11(16)17/h8-10H,4-7H2,1-3H3,(H,14,18)(H,16,17)/t8-,9?,10?/m0/s1. The first-order valence-electron chi connectivity index (χ1n) is 6.87. The van der Waals surface area contributed by atoms with Crippen LogP contribution in [0.15, 0.2) is 0 Å². The molecule has 1 aliphatic carbocycles. The molecule has 3 atom stereocenters. The number of hydrogen-bond donors (Lipinski definition) is 2. The predicted octanol–water partition coefficient (Wildman–Crippen LogP) is 1.36. The zero-order chi connectivity index (χ0) is 14.9. The number of carboxylic acid groups (broad SMARTS) is 1. The van der Waals surface area contributed by atoms with E-state index in [1.165, 1.54) is 16.7 Å². The van der Waals surface area contributed by atoms with Crippen LogP contribution < -0.4 is 5.32 Å². The molecule has 2 rings (SSSR count). The van der Waals surface area contributed by atoms with Crippen LogP contribution in [-0.2, 0) is 9.53 Å². The average molecular weight is 302 g/mol. The van der Waals surface area contributed by atoms with Crippen LogP contribution >= 0.6 is 11.8 Å². The summed E-state index contributed by atoms with van der Waals surface area (Å²) < 4.78 is 5.63. The van der Waals surface area contributed by atoms with Gasteiger partial charge in [-0.2, -0.15) is 0 Å². The molecule has 20 heavy (non-hydrogen) atoms. The van der Waals surface area contributed by atoms with Gasteiger partial charge in [0.15, 0.2) is 0 Å². The van der Waals surface area contributed by atoms with E-state index < -0.39 is 12.0 Å². The fourth-order valence-corrected chi connectivity index (χ4v) is 3.84. The molecule has 7 heteroatoms. The lowest BCUT2D eigenvalue weighted by Gasteiger charge is -2.51. The first-order chi connectivity index (χ1) is 9.37. The van der Waals surface area contributed by atoms with Gasteiger partial charge in [0, 0.05) is 23.8 Å². The van der Waals surface area contributed by atoms with Crippen LogP contribution in [0, 0.1) is 5.41 Å². The molecule has 0 bridgehead atoms. The van der Waals surface area contributed by atoms with Crippen molar-refractivity contribution in [1.82, 2.24) is 10.2 Å². The third-order valence-electron chi connectivity index (χ3n) is 4.27. The van der Waals surface area contributed by atoms with Gasteiger partial charge >= 0.3 is 12.0 Å². The number of amides is 2. The quantitative estimate of drug-likeness (QED) is 0.820. The summed E-state index contributed by atoms with van der Waals surface area (Å²) in [6, 6.07) is -0.965. The number of ether oxygens (including phenoxy) is 1. The lowest BCUT2D eigenvalue weighted by molar-refractivity contribution is -0.141. The van der Waals surface area contributed by atoms with Crippen molar-refractivity contribution in [1.29, 1.82) is 0 Å². The topological polar surface area (TPSA) is 78.9 Å². The van der Waals surface area contributed by atoms with E-state index in [9.17, 15) is 9.59 Å². The molecule has 1 heterocycles. The Labute approximate surface area is 123 Å². The summed E-state index contributed by atoms with van der Waals surface area (Å²) in [5, 5.41) is 12.0. The predicted molar refractivity (Wildman–Crippen MR) is 76.7 cm³/mol. The molecule has 0 spiro atoms. The van der Waals surface area contributed by atoms with E-state index in [1.807, 2.05) is 6.92 Å². The number of urea groups is 1. The van der Waals surface area contributed by atoms with Crippen molar-refractivity contribution in [3.05, 3.63) is 0 Å². The van der Waals surface area contributed by atoms with Gasteiger partial charge in [0.2, 0.25) is 0 Å². The minimum absolute atomic E-state index is 0.0339. The Balaban J connectivity index is 1.91. The highest BCUT2D eigenvalue weighted by Crippen LogP contribution is 2.42. The van der Waals surface area contributed by atoms with Crippen LogP contribution in [0.3, 0.4) is 0 Å². The normalized spacial score (nSPS) is 31.8. The molecule has 2 amide bonds. The second-order valence-corrected chi connectivity index (χ2v) is 6.83. The van der Waals surface area contributed by atoms with Crippen molar-refractivity contribution in [2.75, 3.05) is 18.2 Å². The highest BCUT2D eigenvalue weighted by molar-refractivity contribution is 7.99. The summed E-state index contributed by atoms with van der Waals surface area (Å²) in [5.74, 6) is -0.0475. The molecule has 2 unspecified atom stereocenters. The van der Waals surface area contributed by atoms with Gasteiger partial charge in [-0.05, 0) is 13.3 Å². The SMILES string of the molecule is CCOC1CC(NC(=O)N2CSC[C@H]2C(=O)O)C1(C)C. The van der Waals surface area contributed by atoms with Crippen LogP contribution in [0.5, 0.6) is 0 Å². The Morgan fingerprint density at radius 2 is 2.20 bits per heavy atom. The van der Waals surface area contributed by atoms with E-state index >= 15 is 0 Å². The van der Waals surface area contributed by atoms with Gasteiger partial charge in [0.1, 0.15) is 6.04 Å². The minimum atomic E-state index is -0.940. The monoisotopic (exact) mass is 302 g/mol. The number of thioether (sulfide) groups is 1. The molecule has 1 saturated heterocycles. The first kappa shape index (κ1) is 15.4. The molecule has 2 N–H and O–H groups in total. The lowest BCUT2D eigenvalue weighted by atomic mass is 9.64. The highest BCUT2D eigenvalue weighted by atomic mass is 32.2. The van der Waals surface area contributed by atoms with Crippen LogP contribution in [0.25, 0.3) is 0 Å². The molecule has 114 valence electrons. The van der Waals surface area contributed by atoms with Crippen molar-refractivity contribution in [3.63, 3.8) is 0 Å². The number of nitrogens with one attached hydrogen (secondary N) is 1. The van der Waals surface area contributed by atoms with E-state index in [2.05, 4.69) is 19.2 Å². The maximum Gasteiger partial charge on any atom is 0.327 e. The van der Waals surface area contributed by atoms with E-state index in [-0.39, 0.29) is 23.6 Å². The highest BCUT2D eigenvalue weighted by Gasteiger charge is 2.50. The molecule has 0 aromatic carbocycles. The maximum absolute atomic E-state index is 12.2. The summed E-state index contributed by atoms with van der Waals surface area (Å²) in [6.45, 7) is 6.75. The van der Waals surface area contributed by atoms with Crippen molar-refractivity contribution >= 4 is 23.8 Å². The maximum atomic E-state index is 12.2. The van der Waals surface area contributed by atoms with Gasteiger partial charge in [0.25, 0.3) is 0 Å². The molecule has 0 radical (unpaired) electrons. The van der Waals surface area contributed by atoms with Gasteiger partial charge in [-0.25, -0.2) is 9.59 Å². The van der Waals surface area contributed by atoms with E-state index in [0.717, 1.165) is 6.42 Å². The number of carbonyl (C=O) groups is 2. The number of hydrogen-bond acceptors (Lipinski definition) is 4. The van der Waals surface area contributed by atoms with Gasteiger partial charge in [-0.15, -0.1) is 11.8 Å². The minimum Gasteiger partial charge on any atom is -0.480 e. The summed E-state index contributed by atoms with van der Waals surface area (Å²) in [7, 11) is 0. The smallest absolute Gasteiger partial charge is 0.327 e. The summed E-state index contributed by atoms with van der Waals surface area (Å²) in [4.78, 5) is 24.7. The van der Waals surface area contributed by atoms with Crippen molar-refractivity contribution in [2.24, 2.45) is 5.41 Å². The van der Waals surface area contributed by atoms with Gasteiger partial charge in [-0.3, -0.25) is 0 Å². The third kappa shape index (κ3) is 2.74. The second kappa shape index (κ2) is 5.81. The van der Waals surface area contributed by atoms with Crippen molar-refractivity contribution in [2.45, 2.75) is 45.4 Å². The Morgan fingerprint density at radius 3 is 2.75 bits per heavy atom. The molecule has 0 aromatic rings. The number of carbonyl (C=O) groups excluding carboxylic acids is 1. The average Bonchev–Trinajstić information content (AvgIpc) is 2.86. The lowest BCUT2D eigenvalue weighted by Crippen LogP contribution is -2.64. The molecule has 0 aromatic heterocycles. The Kier molecular flexibility index (Phi) is 4.49. The fraction of sp³-hybridized carbons (Fsp3) is 0.846. The number of carboxylic acids is 1. The Hall–Kier alpha value is -0.950. The molecule has 2 fully saturated rings. The largest absolute Gasteiger partial charge is 0.480 e. The van der Waals surface area contributed by atoms with Crippen molar-refractivity contribution < 1.29 is 19.4 Å². The third-order valence-corrected chi connectivity index (χ3v) is 5.28. The summed E-state index contributed by atoms with van der Waals surface area (Å²) >= 11 is 1.47. The second-order valence-electron chi connectivity index (χ2n) is 5.83. The Morgan fingerprint density at radius 1 is 1.50 bits per heavy atom. The zero-order valence-electron chi connectivity index (χ0n) is 12.1. The number of rotatable bonds is 4. The Bertz CT molecular complexity index is 402. The molecule has 2 aliphatic rings. The van der Waals surface area contributed by atoms with Crippen LogP contribution in [0.4, 0.5) is 4.79 Å². The zero-order valence-corrected chi connectivity index (χ0v) is 12.9. The first-order valence-corrected chi connectivity index (χ1v) is 8.02. The van der Waals surface area contributed by atoms with Crippen LogP contribution in [0.1, 0.15) is 27.2 Å². The van der Waals surface area contributed by atoms with Crippen LogP contribution in [0.2, 0.25) is 0 Å². The number of aliphatic carboxylic acids is 1. The van der Waals surface area contributed by atoms with E-state index in [4.69, 9.17) is 9.84 Å². The summed E-state index contributed by atoms with van der Waals surface area (Å²) in [5.41, 5.74) is -0.114. The fourth-order valence-electron chi connectivity index (χ4n) is 2.69. The molecular weight excluding hydrogens is 280 g/mol. The van der Waals surface area contributed by atoms with E-state index in [0.29, 0.717) is 18.2 Å². The number of nitrogens with zero attached hydrogens (tertiary/aromatic N) is 1. The molecule has 1 saturated carbocycles. The van der Waals surface area contributed by atoms with E-state index in [1.54, 1.807) is 0 Å². The van der Waals surface area contributed by atoms with Gasteiger partial charge in [0.05, 0.1) is 12.0 Å². The summed E-state index contributed by atoms with van der Waals surface area (Å²) in [6.07, 6.45) is 0.937. The molecule has 6 nitrogen and oxygen atoms in total. The molecular formula is C13H22N2O4S. The van der Waals surface area contributed by atoms with Gasteiger partial charge in [-0.1, -0.05) is 13.8 Å².